The third-order valence-corrected chi connectivity index (χ3v) is 3.76. The highest BCUT2D eigenvalue weighted by Gasteiger charge is 2.29. The maximum absolute atomic E-state index is 11.3. The fourth-order valence-corrected chi connectivity index (χ4v) is 2.78. The molecule has 1 aliphatic carbocycles. The first-order chi connectivity index (χ1) is 9.54. The SMILES string of the molecule is CC1CC(=O)NN=C1C1C=C(Cl)C2=NC(=O)C=CC2=C1. The van der Waals surface area contributed by atoms with Crippen LogP contribution in [0.25, 0.3) is 0 Å². The van der Waals surface area contributed by atoms with E-state index in [0.29, 0.717) is 17.2 Å². The number of fused-ring (bicyclic) bond motifs is 1. The van der Waals surface area contributed by atoms with Crippen LogP contribution in [0.5, 0.6) is 0 Å². The monoisotopic (exact) mass is 289 g/mol. The summed E-state index contributed by atoms with van der Waals surface area (Å²) in [6.45, 7) is 1.96. The van der Waals surface area contributed by atoms with Gasteiger partial charge in [-0.05, 0) is 11.6 Å². The van der Waals surface area contributed by atoms with Gasteiger partial charge >= 0.3 is 0 Å². The topological polar surface area (TPSA) is 70.9 Å². The predicted octanol–water partition coefficient (Wildman–Crippen LogP) is 1.71. The molecule has 0 spiro atoms. The van der Waals surface area contributed by atoms with Crippen molar-refractivity contribution in [1.82, 2.24) is 5.43 Å². The van der Waals surface area contributed by atoms with E-state index in [1.165, 1.54) is 6.08 Å². The Morgan fingerprint density at radius 3 is 2.85 bits per heavy atom. The highest BCUT2D eigenvalue weighted by atomic mass is 35.5. The van der Waals surface area contributed by atoms with Crippen LogP contribution in [0.2, 0.25) is 0 Å². The first-order valence-electron chi connectivity index (χ1n) is 6.31. The summed E-state index contributed by atoms with van der Waals surface area (Å²) < 4.78 is 0. The molecule has 0 fully saturated rings. The van der Waals surface area contributed by atoms with E-state index in [2.05, 4.69) is 15.5 Å². The molecule has 0 aromatic rings. The van der Waals surface area contributed by atoms with Crippen molar-refractivity contribution < 1.29 is 9.59 Å². The van der Waals surface area contributed by atoms with Gasteiger partial charge in [-0.25, -0.2) is 10.4 Å². The summed E-state index contributed by atoms with van der Waals surface area (Å²) in [6, 6.07) is 0. The second kappa shape index (κ2) is 4.83. The van der Waals surface area contributed by atoms with Gasteiger partial charge < -0.3 is 0 Å². The van der Waals surface area contributed by atoms with E-state index in [4.69, 9.17) is 11.6 Å². The molecule has 0 bridgehead atoms. The lowest BCUT2D eigenvalue weighted by atomic mass is 9.84. The van der Waals surface area contributed by atoms with Crippen molar-refractivity contribution >= 4 is 34.8 Å². The minimum Gasteiger partial charge on any atom is -0.273 e. The van der Waals surface area contributed by atoms with E-state index in [0.717, 1.165) is 11.3 Å². The van der Waals surface area contributed by atoms with Crippen molar-refractivity contribution in [3.8, 4) is 0 Å². The molecule has 102 valence electrons. The number of hydrogen-bond acceptors (Lipinski definition) is 3. The standard InChI is InChI=1S/C14H12ClN3O2/c1-7-4-12(20)17-18-13(7)9-5-8-2-3-11(19)16-14(8)10(15)6-9/h2-3,5-7,9H,4H2,1H3,(H,17,20). The number of nitrogens with zero attached hydrogens (tertiary/aromatic N) is 2. The van der Waals surface area contributed by atoms with Crippen LogP contribution in [-0.2, 0) is 9.59 Å². The molecule has 6 heteroatoms. The number of allylic oxidation sites excluding steroid dienone is 5. The Hall–Kier alpha value is -2.01. The zero-order valence-corrected chi connectivity index (χ0v) is 11.5. The summed E-state index contributed by atoms with van der Waals surface area (Å²) in [5.74, 6) is -0.424. The summed E-state index contributed by atoms with van der Waals surface area (Å²) in [6.07, 6.45) is 7.30. The first kappa shape index (κ1) is 13.0. The van der Waals surface area contributed by atoms with E-state index >= 15 is 0 Å². The molecule has 0 radical (unpaired) electrons. The predicted molar refractivity (Wildman–Crippen MR) is 76.4 cm³/mol. The van der Waals surface area contributed by atoms with Gasteiger partial charge in [-0.15, -0.1) is 0 Å². The number of carbonyl (C=O) groups excluding carboxylic acids is 2. The second-order valence-corrected chi connectivity index (χ2v) is 5.38. The van der Waals surface area contributed by atoms with Crippen LogP contribution >= 0.6 is 11.6 Å². The lowest BCUT2D eigenvalue weighted by Gasteiger charge is -2.26. The van der Waals surface area contributed by atoms with Crippen LogP contribution in [0.15, 0.2) is 45.0 Å². The zero-order chi connectivity index (χ0) is 14.3. The van der Waals surface area contributed by atoms with Gasteiger partial charge in [-0.2, -0.15) is 5.10 Å². The minimum atomic E-state index is -0.308. The Kier molecular flexibility index (Phi) is 3.14. The number of amides is 2. The summed E-state index contributed by atoms with van der Waals surface area (Å²) in [5.41, 5.74) is 4.68. The molecule has 1 N–H and O–H groups in total. The molecule has 2 heterocycles. The van der Waals surface area contributed by atoms with Crippen molar-refractivity contribution in [3.05, 3.63) is 34.9 Å². The third kappa shape index (κ3) is 2.25. The number of hydrazone groups is 1. The molecule has 20 heavy (non-hydrogen) atoms. The Morgan fingerprint density at radius 2 is 2.10 bits per heavy atom. The van der Waals surface area contributed by atoms with Crippen molar-refractivity contribution in [1.29, 1.82) is 0 Å². The van der Waals surface area contributed by atoms with Crippen molar-refractivity contribution in [2.45, 2.75) is 13.3 Å². The Labute approximate surface area is 120 Å². The average Bonchev–Trinajstić information content (AvgIpc) is 2.39. The van der Waals surface area contributed by atoms with E-state index < -0.39 is 0 Å². The van der Waals surface area contributed by atoms with Gasteiger partial charge in [0.25, 0.3) is 5.91 Å². The molecule has 0 aromatic carbocycles. The van der Waals surface area contributed by atoms with Gasteiger partial charge in [-0.3, -0.25) is 9.59 Å². The Bertz CT molecular complexity index is 655. The van der Waals surface area contributed by atoms with Gasteiger partial charge in [0.1, 0.15) is 0 Å². The molecule has 2 atom stereocenters. The van der Waals surface area contributed by atoms with Crippen molar-refractivity contribution in [2.24, 2.45) is 21.9 Å². The highest BCUT2D eigenvalue weighted by molar-refractivity contribution is 6.48. The summed E-state index contributed by atoms with van der Waals surface area (Å²) in [4.78, 5) is 26.5. The van der Waals surface area contributed by atoms with E-state index in [-0.39, 0.29) is 23.7 Å². The number of hydrogen-bond donors (Lipinski definition) is 1. The van der Waals surface area contributed by atoms with Gasteiger partial charge in [-0.1, -0.05) is 30.7 Å². The maximum atomic E-state index is 11.3. The Morgan fingerprint density at radius 1 is 1.30 bits per heavy atom. The largest absolute Gasteiger partial charge is 0.273 e. The van der Waals surface area contributed by atoms with Crippen molar-refractivity contribution in [2.75, 3.05) is 0 Å². The quantitative estimate of drug-likeness (QED) is 0.798. The van der Waals surface area contributed by atoms with Crippen LogP contribution < -0.4 is 5.43 Å². The molecule has 2 aliphatic heterocycles. The first-order valence-corrected chi connectivity index (χ1v) is 6.69. The van der Waals surface area contributed by atoms with Gasteiger partial charge in [0.15, 0.2) is 0 Å². The third-order valence-electron chi connectivity index (χ3n) is 3.46. The fraction of sp³-hybridized carbons (Fsp3) is 0.286. The lowest BCUT2D eigenvalue weighted by Crippen LogP contribution is -2.35. The van der Waals surface area contributed by atoms with E-state index in [1.807, 2.05) is 19.1 Å². The van der Waals surface area contributed by atoms with Gasteiger partial charge in [0.2, 0.25) is 5.91 Å². The highest BCUT2D eigenvalue weighted by Crippen LogP contribution is 2.29. The molecular weight excluding hydrogens is 278 g/mol. The fourth-order valence-electron chi connectivity index (χ4n) is 2.50. The summed E-state index contributed by atoms with van der Waals surface area (Å²) in [7, 11) is 0. The van der Waals surface area contributed by atoms with Gasteiger partial charge in [0.05, 0.1) is 16.5 Å². The molecule has 0 aromatic heterocycles. The number of rotatable bonds is 1. The molecular formula is C14H12ClN3O2. The van der Waals surface area contributed by atoms with Crippen LogP contribution in [0, 0.1) is 11.8 Å². The van der Waals surface area contributed by atoms with Crippen LogP contribution in [-0.4, -0.2) is 23.2 Å². The van der Waals surface area contributed by atoms with Crippen LogP contribution in [0.4, 0.5) is 0 Å². The maximum Gasteiger partial charge on any atom is 0.270 e. The smallest absolute Gasteiger partial charge is 0.270 e. The van der Waals surface area contributed by atoms with Crippen LogP contribution in [0.1, 0.15) is 13.3 Å². The van der Waals surface area contributed by atoms with E-state index in [9.17, 15) is 9.59 Å². The molecule has 5 nitrogen and oxygen atoms in total. The zero-order valence-electron chi connectivity index (χ0n) is 10.8. The summed E-state index contributed by atoms with van der Waals surface area (Å²) in [5, 5.41) is 4.58. The average molecular weight is 290 g/mol. The van der Waals surface area contributed by atoms with E-state index in [1.54, 1.807) is 6.08 Å². The normalized spacial score (nSPS) is 28.9. The molecule has 0 saturated carbocycles. The minimum absolute atomic E-state index is 0.0546. The molecule has 2 amide bonds. The lowest BCUT2D eigenvalue weighted by molar-refractivity contribution is -0.122. The van der Waals surface area contributed by atoms with Crippen LogP contribution in [0.3, 0.4) is 0 Å². The summed E-state index contributed by atoms with van der Waals surface area (Å²) >= 11 is 6.21. The second-order valence-electron chi connectivity index (χ2n) is 4.97. The Balaban J connectivity index is 1.96. The number of nitrogens with one attached hydrogen (secondary N) is 1. The van der Waals surface area contributed by atoms with Crippen molar-refractivity contribution in [3.63, 3.8) is 0 Å². The molecule has 3 aliphatic rings. The molecule has 0 saturated heterocycles. The van der Waals surface area contributed by atoms with Gasteiger partial charge in [0, 0.05) is 24.3 Å². The molecule has 3 rings (SSSR count). The number of aliphatic imine (C=N–C) groups is 1. The number of dihydropyridines is 1. The number of halogens is 1. The molecule has 2 unspecified atom stereocenters. The number of carbonyl (C=O) groups is 2.